The first-order chi connectivity index (χ1) is 11.3. The zero-order valence-electron chi connectivity index (χ0n) is 13.1. The Morgan fingerprint density at radius 2 is 2.04 bits per heavy atom. The number of amides is 2. The lowest BCUT2D eigenvalue weighted by molar-refractivity contribution is -0.142. The molecule has 132 valence electrons. The van der Waals surface area contributed by atoms with E-state index in [1.807, 2.05) is 0 Å². The summed E-state index contributed by atoms with van der Waals surface area (Å²) in [5.41, 5.74) is 0.506. The molecule has 1 fully saturated rings. The average molecular weight is 344 g/mol. The molecule has 2 rings (SSSR count). The summed E-state index contributed by atoms with van der Waals surface area (Å²) in [7, 11) is 0. The molecule has 2 heterocycles. The number of alkyl halides is 3. The van der Waals surface area contributed by atoms with Crippen LogP contribution in [0.2, 0.25) is 0 Å². The summed E-state index contributed by atoms with van der Waals surface area (Å²) < 4.78 is 37.6. The molecule has 0 saturated carbocycles. The molecule has 1 aliphatic rings. The number of likely N-dealkylation sites (tertiary alicyclic amines) is 1. The SMILES string of the molecule is C=CC(=O)N1CCC(C(=O)NCc2cnn(CC(F)(F)F)c2)CC1. The number of nitrogens with zero attached hydrogens (tertiary/aromatic N) is 3. The molecular formula is C15H19F3N4O2. The van der Waals surface area contributed by atoms with Crippen molar-refractivity contribution in [2.24, 2.45) is 5.92 Å². The molecule has 2 amide bonds. The van der Waals surface area contributed by atoms with Crippen LogP contribution in [0.1, 0.15) is 18.4 Å². The van der Waals surface area contributed by atoms with E-state index >= 15 is 0 Å². The van der Waals surface area contributed by atoms with Crippen molar-refractivity contribution in [1.29, 1.82) is 0 Å². The topological polar surface area (TPSA) is 67.2 Å². The highest BCUT2D eigenvalue weighted by Crippen LogP contribution is 2.18. The van der Waals surface area contributed by atoms with Crippen LogP contribution in [0, 0.1) is 5.92 Å². The van der Waals surface area contributed by atoms with E-state index in [2.05, 4.69) is 17.0 Å². The highest BCUT2D eigenvalue weighted by Gasteiger charge is 2.29. The minimum absolute atomic E-state index is 0.127. The molecule has 1 aromatic heterocycles. The number of rotatable bonds is 5. The van der Waals surface area contributed by atoms with Crippen molar-refractivity contribution < 1.29 is 22.8 Å². The normalized spacial score (nSPS) is 16.0. The van der Waals surface area contributed by atoms with Crippen LogP contribution in [0.5, 0.6) is 0 Å². The molecule has 9 heteroatoms. The second-order valence-corrected chi connectivity index (χ2v) is 5.68. The summed E-state index contributed by atoms with van der Waals surface area (Å²) in [5.74, 6) is -0.515. The van der Waals surface area contributed by atoms with E-state index in [9.17, 15) is 22.8 Å². The van der Waals surface area contributed by atoms with Crippen LogP contribution in [0.4, 0.5) is 13.2 Å². The molecule has 1 N–H and O–H groups in total. The van der Waals surface area contributed by atoms with Gasteiger partial charge in [0, 0.05) is 37.3 Å². The second kappa shape index (κ2) is 7.50. The van der Waals surface area contributed by atoms with Gasteiger partial charge in [0.25, 0.3) is 0 Å². The van der Waals surface area contributed by atoms with Gasteiger partial charge >= 0.3 is 6.18 Å². The molecule has 0 atom stereocenters. The Kier molecular flexibility index (Phi) is 5.63. The molecule has 0 radical (unpaired) electrons. The van der Waals surface area contributed by atoms with E-state index in [4.69, 9.17) is 0 Å². The Labute approximate surface area is 137 Å². The van der Waals surface area contributed by atoms with Crippen molar-refractivity contribution in [3.05, 3.63) is 30.6 Å². The van der Waals surface area contributed by atoms with E-state index in [0.717, 1.165) is 4.68 Å². The lowest BCUT2D eigenvalue weighted by Gasteiger charge is -2.30. The van der Waals surface area contributed by atoms with Crippen molar-refractivity contribution in [3.8, 4) is 0 Å². The van der Waals surface area contributed by atoms with Crippen LogP contribution in [0.25, 0.3) is 0 Å². The summed E-state index contributed by atoms with van der Waals surface area (Å²) in [6.45, 7) is 3.38. The molecule has 0 aliphatic carbocycles. The van der Waals surface area contributed by atoms with Crippen molar-refractivity contribution in [2.45, 2.75) is 32.1 Å². The maximum absolute atomic E-state index is 12.3. The Morgan fingerprint density at radius 3 is 2.62 bits per heavy atom. The summed E-state index contributed by atoms with van der Waals surface area (Å²) in [5, 5.41) is 6.33. The van der Waals surface area contributed by atoms with E-state index in [0.29, 0.717) is 31.5 Å². The quantitative estimate of drug-likeness (QED) is 0.823. The number of nitrogens with one attached hydrogen (secondary N) is 1. The van der Waals surface area contributed by atoms with Gasteiger partial charge in [-0.05, 0) is 18.9 Å². The van der Waals surface area contributed by atoms with Gasteiger partial charge in [0.2, 0.25) is 11.8 Å². The van der Waals surface area contributed by atoms with E-state index in [1.54, 1.807) is 4.90 Å². The Morgan fingerprint density at radius 1 is 1.38 bits per heavy atom. The predicted molar refractivity (Wildman–Crippen MR) is 79.6 cm³/mol. The van der Waals surface area contributed by atoms with E-state index in [-0.39, 0.29) is 24.3 Å². The number of carbonyl (C=O) groups is 2. The molecule has 0 spiro atoms. The van der Waals surface area contributed by atoms with Gasteiger partial charge < -0.3 is 10.2 Å². The summed E-state index contributed by atoms with van der Waals surface area (Å²) in [4.78, 5) is 25.2. The molecule has 0 bridgehead atoms. The fraction of sp³-hybridized carbons (Fsp3) is 0.533. The van der Waals surface area contributed by atoms with Gasteiger partial charge in [-0.1, -0.05) is 6.58 Å². The van der Waals surface area contributed by atoms with Crippen LogP contribution in [0.3, 0.4) is 0 Å². The molecular weight excluding hydrogens is 325 g/mol. The second-order valence-electron chi connectivity index (χ2n) is 5.68. The van der Waals surface area contributed by atoms with Gasteiger partial charge in [0.1, 0.15) is 6.54 Å². The van der Waals surface area contributed by atoms with Crippen LogP contribution in [0.15, 0.2) is 25.0 Å². The third kappa shape index (κ3) is 5.10. The zero-order chi connectivity index (χ0) is 17.7. The number of hydrogen-bond donors (Lipinski definition) is 1. The monoisotopic (exact) mass is 344 g/mol. The fourth-order valence-electron chi connectivity index (χ4n) is 2.59. The van der Waals surface area contributed by atoms with Gasteiger partial charge in [-0.25, -0.2) is 0 Å². The molecule has 0 aromatic carbocycles. The smallest absolute Gasteiger partial charge is 0.352 e. The third-order valence-corrected chi connectivity index (χ3v) is 3.85. The van der Waals surface area contributed by atoms with E-state index < -0.39 is 12.7 Å². The number of halogens is 3. The van der Waals surface area contributed by atoms with Gasteiger partial charge in [0.05, 0.1) is 6.20 Å². The molecule has 0 unspecified atom stereocenters. The number of aromatic nitrogens is 2. The molecule has 1 saturated heterocycles. The highest BCUT2D eigenvalue weighted by atomic mass is 19.4. The molecule has 6 nitrogen and oxygen atoms in total. The van der Waals surface area contributed by atoms with E-state index in [1.165, 1.54) is 18.5 Å². The molecule has 1 aromatic rings. The largest absolute Gasteiger partial charge is 0.408 e. The number of carbonyl (C=O) groups excluding carboxylic acids is 2. The van der Waals surface area contributed by atoms with Gasteiger partial charge in [-0.2, -0.15) is 18.3 Å². The first-order valence-corrected chi connectivity index (χ1v) is 7.55. The fourth-order valence-corrected chi connectivity index (χ4v) is 2.59. The number of piperidine rings is 1. The maximum atomic E-state index is 12.3. The Hall–Kier alpha value is -2.32. The summed E-state index contributed by atoms with van der Waals surface area (Å²) >= 11 is 0. The standard InChI is InChI=1S/C15H19F3N4O2/c1-2-13(23)21-5-3-12(4-6-21)14(24)19-7-11-8-20-22(9-11)10-15(16,17)18/h2,8-9,12H,1,3-7,10H2,(H,19,24). The lowest BCUT2D eigenvalue weighted by atomic mass is 9.96. The molecule has 24 heavy (non-hydrogen) atoms. The van der Waals surface area contributed by atoms with Crippen LogP contribution >= 0.6 is 0 Å². The first kappa shape index (κ1) is 18.0. The van der Waals surface area contributed by atoms with Crippen LogP contribution in [-0.4, -0.2) is 45.8 Å². The predicted octanol–water partition coefficient (Wildman–Crippen LogP) is 1.49. The highest BCUT2D eigenvalue weighted by molar-refractivity contribution is 5.87. The Bertz CT molecular complexity index is 604. The summed E-state index contributed by atoms with van der Waals surface area (Å²) in [6.07, 6.45) is 0.594. The van der Waals surface area contributed by atoms with Gasteiger partial charge in [0.15, 0.2) is 0 Å². The average Bonchev–Trinajstić information content (AvgIpc) is 2.97. The zero-order valence-corrected chi connectivity index (χ0v) is 13.1. The third-order valence-electron chi connectivity index (χ3n) is 3.85. The summed E-state index contributed by atoms with van der Waals surface area (Å²) in [6, 6.07) is 0. The van der Waals surface area contributed by atoms with Crippen molar-refractivity contribution in [2.75, 3.05) is 13.1 Å². The van der Waals surface area contributed by atoms with Gasteiger partial charge in [-0.15, -0.1) is 0 Å². The van der Waals surface area contributed by atoms with Crippen LogP contribution in [-0.2, 0) is 22.7 Å². The van der Waals surface area contributed by atoms with Gasteiger partial charge in [-0.3, -0.25) is 14.3 Å². The first-order valence-electron chi connectivity index (χ1n) is 7.55. The minimum Gasteiger partial charge on any atom is -0.352 e. The maximum Gasteiger partial charge on any atom is 0.408 e. The minimum atomic E-state index is -4.33. The number of hydrogen-bond acceptors (Lipinski definition) is 3. The van der Waals surface area contributed by atoms with Crippen LogP contribution < -0.4 is 5.32 Å². The van der Waals surface area contributed by atoms with Crippen molar-refractivity contribution >= 4 is 11.8 Å². The van der Waals surface area contributed by atoms with Crippen molar-refractivity contribution in [1.82, 2.24) is 20.0 Å². The Balaban J connectivity index is 1.78. The molecule has 1 aliphatic heterocycles. The lowest BCUT2D eigenvalue weighted by Crippen LogP contribution is -2.42. The van der Waals surface area contributed by atoms with Crippen molar-refractivity contribution in [3.63, 3.8) is 0 Å².